The van der Waals surface area contributed by atoms with Gasteiger partial charge in [0.05, 0.1) is 20.1 Å². The molecule has 2 unspecified atom stereocenters. The first-order chi connectivity index (χ1) is 15.7. The molecule has 4 rings (SSSR count). The zero-order chi connectivity index (χ0) is 23.6. The van der Waals surface area contributed by atoms with E-state index < -0.39 is 25.2 Å². The standard InChI is InChI=1S/C22H23FN5O4P.2Na/c1-16(17-3-5-18(6-4-17)21-11-12-25-27(21)2)22(32-33(29,30)31,13-28-15-24-14-26-28)19-7-9-20(23)10-8-19;;/h3-12,14-16H,13H2,1-2H3,(H2,29,30,31);;/q;2*+1/p-2. The van der Waals surface area contributed by atoms with Gasteiger partial charge in [-0.3, -0.25) is 4.68 Å². The van der Waals surface area contributed by atoms with Crippen molar-refractivity contribution in [2.45, 2.75) is 25.0 Å². The van der Waals surface area contributed by atoms with E-state index >= 15 is 0 Å². The Balaban J connectivity index is 0.00000216. The van der Waals surface area contributed by atoms with Gasteiger partial charge in [-0.05, 0) is 34.9 Å². The molecular formula is C22H21FN5Na2O4P. The first-order valence-electron chi connectivity index (χ1n) is 10.1. The molecule has 13 heteroatoms. The third kappa shape index (κ3) is 6.99. The van der Waals surface area contributed by atoms with Crippen molar-refractivity contribution in [3.05, 3.63) is 90.4 Å². The zero-order valence-corrected chi connectivity index (χ0v) is 24.8. The molecule has 0 amide bonds. The van der Waals surface area contributed by atoms with Crippen molar-refractivity contribution in [1.29, 1.82) is 0 Å². The second-order valence-corrected chi connectivity index (χ2v) is 8.79. The predicted octanol–water partition coefficient (Wildman–Crippen LogP) is -3.63. The van der Waals surface area contributed by atoms with Gasteiger partial charge in [0, 0.05) is 19.2 Å². The van der Waals surface area contributed by atoms with Crippen molar-refractivity contribution in [3.8, 4) is 11.3 Å². The minimum absolute atomic E-state index is 0. The third-order valence-corrected chi connectivity index (χ3v) is 6.25. The van der Waals surface area contributed by atoms with Crippen molar-refractivity contribution >= 4 is 7.82 Å². The first-order valence-corrected chi connectivity index (χ1v) is 11.5. The maximum absolute atomic E-state index is 13.7. The molecule has 0 bridgehead atoms. The van der Waals surface area contributed by atoms with Crippen molar-refractivity contribution in [2.75, 3.05) is 0 Å². The number of aromatic nitrogens is 5. The minimum atomic E-state index is -5.48. The fourth-order valence-electron chi connectivity index (χ4n) is 3.99. The quantitative estimate of drug-likeness (QED) is 0.176. The third-order valence-electron chi connectivity index (χ3n) is 5.70. The van der Waals surface area contributed by atoms with Crippen molar-refractivity contribution in [1.82, 2.24) is 24.5 Å². The molecular weight excluding hydrogens is 494 g/mol. The molecule has 172 valence electrons. The molecule has 9 nitrogen and oxygen atoms in total. The summed E-state index contributed by atoms with van der Waals surface area (Å²) in [5, 5.41) is 8.22. The Hall–Kier alpha value is -1.17. The van der Waals surface area contributed by atoms with E-state index in [0.717, 1.165) is 11.3 Å². The van der Waals surface area contributed by atoms with Crippen molar-refractivity contribution in [2.24, 2.45) is 7.05 Å². The van der Waals surface area contributed by atoms with Crippen LogP contribution in [0, 0.1) is 5.82 Å². The molecule has 0 fully saturated rings. The van der Waals surface area contributed by atoms with E-state index in [9.17, 15) is 18.7 Å². The number of aryl methyl sites for hydroxylation is 1. The van der Waals surface area contributed by atoms with Crippen LogP contribution in [0.1, 0.15) is 24.0 Å². The molecule has 0 radical (unpaired) electrons. The van der Waals surface area contributed by atoms with Crippen LogP contribution >= 0.6 is 7.82 Å². The molecule has 0 aliphatic carbocycles. The summed E-state index contributed by atoms with van der Waals surface area (Å²) in [4.78, 5) is 27.7. The molecule has 2 aromatic heterocycles. The van der Waals surface area contributed by atoms with Gasteiger partial charge in [0.15, 0.2) is 0 Å². The summed E-state index contributed by atoms with van der Waals surface area (Å²) in [6, 6.07) is 14.5. The topological polar surface area (TPSA) is 121 Å². The minimum Gasteiger partial charge on any atom is -0.790 e. The van der Waals surface area contributed by atoms with Crippen LogP contribution in [0.25, 0.3) is 11.3 Å². The summed E-state index contributed by atoms with van der Waals surface area (Å²) < 4.78 is 34.0. The van der Waals surface area contributed by atoms with Crippen LogP contribution < -0.4 is 68.9 Å². The van der Waals surface area contributed by atoms with E-state index in [1.165, 1.54) is 41.6 Å². The average molecular weight is 515 g/mol. The van der Waals surface area contributed by atoms with Crippen LogP contribution in [0.15, 0.2) is 73.4 Å². The number of nitrogens with zero attached hydrogens (tertiary/aromatic N) is 5. The summed E-state index contributed by atoms with van der Waals surface area (Å²) in [7, 11) is -3.65. The molecule has 0 saturated carbocycles. The maximum Gasteiger partial charge on any atom is 1.00 e. The number of rotatable bonds is 8. The number of hydrogen-bond acceptors (Lipinski definition) is 7. The van der Waals surface area contributed by atoms with Gasteiger partial charge in [0.1, 0.15) is 24.1 Å². The van der Waals surface area contributed by atoms with Gasteiger partial charge in [-0.1, -0.05) is 43.3 Å². The van der Waals surface area contributed by atoms with Gasteiger partial charge < -0.3 is 18.9 Å². The summed E-state index contributed by atoms with van der Waals surface area (Å²) in [6.45, 7) is 1.60. The molecule has 2 heterocycles. The number of phosphoric acid groups is 1. The molecule has 0 saturated heterocycles. The fraction of sp³-hybridized carbons (Fsp3) is 0.227. The summed E-state index contributed by atoms with van der Waals surface area (Å²) in [5.41, 5.74) is 1.14. The van der Waals surface area contributed by atoms with Crippen LogP contribution in [-0.4, -0.2) is 24.5 Å². The fourth-order valence-corrected chi connectivity index (χ4v) is 4.71. The van der Waals surface area contributed by atoms with Crippen LogP contribution in [0.3, 0.4) is 0 Å². The van der Waals surface area contributed by atoms with Gasteiger partial charge >= 0.3 is 59.1 Å². The van der Waals surface area contributed by atoms with E-state index in [1.54, 1.807) is 17.8 Å². The van der Waals surface area contributed by atoms with Crippen molar-refractivity contribution < 1.29 is 82.4 Å². The smallest absolute Gasteiger partial charge is 0.790 e. The van der Waals surface area contributed by atoms with Crippen LogP contribution in [0.2, 0.25) is 0 Å². The Bertz CT molecular complexity index is 1270. The van der Waals surface area contributed by atoms with Gasteiger partial charge in [-0.25, -0.2) is 14.1 Å². The molecule has 0 N–H and O–H groups in total. The van der Waals surface area contributed by atoms with Crippen LogP contribution in [0.4, 0.5) is 4.39 Å². The van der Waals surface area contributed by atoms with Gasteiger partial charge in [-0.2, -0.15) is 10.2 Å². The van der Waals surface area contributed by atoms with E-state index in [-0.39, 0.29) is 65.7 Å². The van der Waals surface area contributed by atoms with Crippen LogP contribution in [0.5, 0.6) is 0 Å². The molecule has 0 aliphatic rings. The summed E-state index contributed by atoms with van der Waals surface area (Å²) in [5.74, 6) is -1.15. The Morgan fingerprint density at radius 1 is 1.06 bits per heavy atom. The largest absolute Gasteiger partial charge is 1.00 e. The zero-order valence-electron chi connectivity index (χ0n) is 19.9. The Kier molecular flexibility index (Phi) is 10.6. The van der Waals surface area contributed by atoms with Crippen molar-refractivity contribution in [3.63, 3.8) is 0 Å². The Morgan fingerprint density at radius 3 is 2.23 bits per heavy atom. The number of hydrogen-bond donors (Lipinski definition) is 0. The Labute approximate surface area is 246 Å². The SMILES string of the molecule is CC(c1ccc(-c2ccnn2C)cc1)C(Cn1cncn1)(OP(=O)([O-])[O-])c1ccc(F)cc1.[Na+].[Na+]. The summed E-state index contributed by atoms with van der Waals surface area (Å²) >= 11 is 0. The number of phosphoric ester groups is 1. The molecule has 0 aliphatic heterocycles. The van der Waals surface area contributed by atoms with E-state index in [0.29, 0.717) is 11.1 Å². The second kappa shape index (κ2) is 12.4. The van der Waals surface area contributed by atoms with E-state index in [1.807, 2.05) is 37.4 Å². The predicted molar refractivity (Wildman–Crippen MR) is 114 cm³/mol. The van der Waals surface area contributed by atoms with Gasteiger partial charge in [-0.15, -0.1) is 0 Å². The second-order valence-electron chi connectivity index (χ2n) is 7.71. The van der Waals surface area contributed by atoms with Crippen LogP contribution in [-0.2, 0) is 28.3 Å². The van der Waals surface area contributed by atoms with Gasteiger partial charge in [0.25, 0.3) is 0 Å². The van der Waals surface area contributed by atoms with E-state index in [2.05, 4.69) is 15.2 Å². The molecule has 4 aromatic rings. The normalized spacial score (nSPS) is 13.9. The molecule has 35 heavy (non-hydrogen) atoms. The molecule has 2 aromatic carbocycles. The summed E-state index contributed by atoms with van der Waals surface area (Å²) in [6.07, 6.45) is 4.37. The first kappa shape index (κ1) is 30.1. The monoisotopic (exact) mass is 515 g/mol. The Morgan fingerprint density at radius 2 is 1.71 bits per heavy atom. The maximum atomic E-state index is 13.7. The van der Waals surface area contributed by atoms with Gasteiger partial charge in [0.2, 0.25) is 0 Å². The number of benzene rings is 2. The van der Waals surface area contributed by atoms with E-state index in [4.69, 9.17) is 4.52 Å². The molecule has 0 spiro atoms. The number of halogens is 1. The average Bonchev–Trinajstić information content (AvgIpc) is 3.44. The molecule has 2 atom stereocenters.